The van der Waals surface area contributed by atoms with Crippen molar-refractivity contribution >= 4 is 46.2 Å². The molecule has 3 unspecified atom stereocenters. The second-order valence-corrected chi connectivity index (χ2v) is 9.91. The number of carbonyl (C=O) groups excluding carboxylic acids is 1. The summed E-state index contributed by atoms with van der Waals surface area (Å²) in [5.41, 5.74) is 3.36. The first-order chi connectivity index (χ1) is 16.7. The summed E-state index contributed by atoms with van der Waals surface area (Å²) in [6.07, 6.45) is 0. The number of nitrogens with one attached hydrogen (secondary N) is 2. The molecule has 1 saturated heterocycles. The van der Waals surface area contributed by atoms with Gasteiger partial charge in [0.1, 0.15) is 17.4 Å². The first-order valence-electron chi connectivity index (χ1n) is 11.3. The molecule has 35 heavy (non-hydrogen) atoms. The smallest absolute Gasteiger partial charge is 0.236 e. The van der Waals surface area contributed by atoms with Gasteiger partial charge in [0.2, 0.25) is 5.91 Å². The van der Waals surface area contributed by atoms with Crippen molar-refractivity contribution in [3.05, 3.63) is 82.4 Å². The first kappa shape index (κ1) is 23.5. The van der Waals surface area contributed by atoms with Gasteiger partial charge in [-0.15, -0.1) is 0 Å². The van der Waals surface area contributed by atoms with E-state index < -0.39 is 17.7 Å². The molecule has 0 spiro atoms. The van der Waals surface area contributed by atoms with Crippen molar-refractivity contribution in [1.82, 2.24) is 5.32 Å². The molecule has 2 aliphatic heterocycles. The number of thiocarbonyl (C=S) groups is 1. The predicted octanol–water partition coefficient (Wildman–Crippen LogP) is 5.76. The van der Waals surface area contributed by atoms with Gasteiger partial charge in [0.25, 0.3) is 0 Å². The van der Waals surface area contributed by atoms with Crippen molar-refractivity contribution in [3.8, 4) is 11.5 Å². The minimum Gasteiger partial charge on any atom is -0.497 e. The van der Waals surface area contributed by atoms with E-state index in [9.17, 15) is 4.79 Å². The number of benzene rings is 3. The highest BCUT2D eigenvalue weighted by Gasteiger charge is 2.59. The number of aryl methyl sites for hydroxylation is 2. The lowest BCUT2D eigenvalue weighted by atomic mass is 9.78. The van der Waals surface area contributed by atoms with Gasteiger partial charge < -0.3 is 20.1 Å². The first-order valence-corrected chi connectivity index (χ1v) is 12.1. The van der Waals surface area contributed by atoms with Crippen LogP contribution in [-0.4, -0.2) is 23.9 Å². The van der Waals surface area contributed by atoms with Crippen molar-refractivity contribution in [2.75, 3.05) is 17.3 Å². The van der Waals surface area contributed by atoms with E-state index in [-0.39, 0.29) is 5.91 Å². The number of nitrogens with zero attached hydrogens (tertiary/aromatic N) is 1. The normalized spacial score (nSPS) is 22.5. The molecular formula is C27H26ClN3O3S. The van der Waals surface area contributed by atoms with Crippen LogP contribution in [0.3, 0.4) is 0 Å². The SMILES string of the molecule is COc1ccc(N2C(=S)NC3c4cc(Cl)ccc4OC2(C)C3C(=O)Nc2ccc(C)cc2C)cc1. The zero-order valence-corrected chi connectivity index (χ0v) is 21.5. The van der Waals surface area contributed by atoms with E-state index >= 15 is 0 Å². The number of halogens is 1. The summed E-state index contributed by atoms with van der Waals surface area (Å²) in [4.78, 5) is 15.8. The van der Waals surface area contributed by atoms with Crippen LogP contribution in [0.1, 0.15) is 29.7 Å². The molecule has 0 saturated carbocycles. The highest BCUT2D eigenvalue weighted by Crippen LogP contribution is 2.50. The number of ether oxygens (including phenoxy) is 2. The summed E-state index contributed by atoms with van der Waals surface area (Å²) in [6, 6.07) is 18.5. The molecule has 8 heteroatoms. The Bertz CT molecular complexity index is 1330. The third-order valence-corrected chi connectivity index (χ3v) is 7.25. The Morgan fingerprint density at radius 1 is 1.14 bits per heavy atom. The third-order valence-electron chi connectivity index (χ3n) is 6.71. The van der Waals surface area contributed by atoms with Crippen LogP contribution in [0.5, 0.6) is 11.5 Å². The fourth-order valence-electron chi connectivity index (χ4n) is 5.04. The van der Waals surface area contributed by atoms with Crippen LogP contribution in [0, 0.1) is 19.8 Å². The predicted molar refractivity (Wildman–Crippen MR) is 142 cm³/mol. The van der Waals surface area contributed by atoms with Crippen molar-refractivity contribution in [1.29, 1.82) is 0 Å². The van der Waals surface area contributed by atoms with Crippen LogP contribution in [0.25, 0.3) is 0 Å². The van der Waals surface area contributed by atoms with Gasteiger partial charge >= 0.3 is 0 Å². The monoisotopic (exact) mass is 507 g/mol. The van der Waals surface area contributed by atoms with Crippen molar-refractivity contribution < 1.29 is 14.3 Å². The Morgan fingerprint density at radius 3 is 2.57 bits per heavy atom. The molecule has 0 aliphatic carbocycles. The Labute approximate surface area is 215 Å². The molecule has 3 aromatic carbocycles. The summed E-state index contributed by atoms with van der Waals surface area (Å²) in [5, 5.41) is 7.56. The standard InChI is InChI=1S/C27H26ClN3O3S/c1-15-5-11-21(16(2)13-15)29-25(32)23-24-20-14-17(28)6-12-22(20)34-27(23,3)31(26(35)30-24)18-7-9-19(33-4)10-8-18/h5-14,23-24H,1-4H3,(H,29,32)(H,30,35). The van der Waals surface area contributed by atoms with Gasteiger partial charge in [-0.3, -0.25) is 9.69 Å². The average molecular weight is 508 g/mol. The summed E-state index contributed by atoms with van der Waals surface area (Å²) in [5.74, 6) is 0.555. The molecule has 3 atom stereocenters. The van der Waals surface area contributed by atoms with E-state index in [0.29, 0.717) is 15.9 Å². The van der Waals surface area contributed by atoms with Crippen LogP contribution in [0.2, 0.25) is 5.02 Å². The number of methoxy groups -OCH3 is 1. The Balaban J connectivity index is 1.61. The van der Waals surface area contributed by atoms with Crippen LogP contribution in [0.15, 0.2) is 60.7 Å². The van der Waals surface area contributed by atoms with Gasteiger partial charge in [-0.05, 0) is 87.1 Å². The maximum absolute atomic E-state index is 13.9. The van der Waals surface area contributed by atoms with Crippen LogP contribution in [0.4, 0.5) is 11.4 Å². The van der Waals surface area contributed by atoms with Gasteiger partial charge in [0.15, 0.2) is 10.8 Å². The zero-order valence-electron chi connectivity index (χ0n) is 19.9. The van der Waals surface area contributed by atoms with E-state index in [1.165, 1.54) is 0 Å². The van der Waals surface area contributed by atoms with Gasteiger partial charge in [-0.2, -0.15) is 0 Å². The van der Waals surface area contributed by atoms with Crippen LogP contribution >= 0.6 is 23.8 Å². The number of rotatable bonds is 4. The number of carbonyl (C=O) groups is 1. The molecule has 3 aromatic rings. The lowest BCUT2D eigenvalue weighted by Crippen LogP contribution is -2.72. The van der Waals surface area contributed by atoms with Gasteiger partial charge in [0, 0.05) is 22.0 Å². The number of fused-ring (bicyclic) bond motifs is 4. The quantitative estimate of drug-likeness (QED) is 0.437. The van der Waals surface area contributed by atoms with E-state index in [1.807, 2.05) is 80.3 Å². The number of hydrogen-bond donors (Lipinski definition) is 2. The van der Waals surface area contributed by atoms with Gasteiger partial charge in [0.05, 0.1) is 13.2 Å². The van der Waals surface area contributed by atoms with E-state index in [1.54, 1.807) is 13.2 Å². The Kier molecular flexibility index (Phi) is 5.85. The topological polar surface area (TPSA) is 62.8 Å². The van der Waals surface area contributed by atoms with E-state index in [4.69, 9.17) is 33.3 Å². The molecule has 2 bridgehead atoms. The molecule has 6 nitrogen and oxygen atoms in total. The largest absolute Gasteiger partial charge is 0.497 e. The molecule has 2 aliphatic rings. The highest BCUT2D eigenvalue weighted by molar-refractivity contribution is 7.80. The van der Waals surface area contributed by atoms with Gasteiger partial charge in [-0.1, -0.05) is 29.3 Å². The fourth-order valence-corrected chi connectivity index (χ4v) is 5.63. The summed E-state index contributed by atoms with van der Waals surface area (Å²) in [6.45, 7) is 5.91. The van der Waals surface area contributed by atoms with Crippen molar-refractivity contribution in [2.24, 2.45) is 5.92 Å². The Morgan fingerprint density at radius 2 is 1.89 bits per heavy atom. The summed E-state index contributed by atoms with van der Waals surface area (Å²) < 4.78 is 11.9. The summed E-state index contributed by atoms with van der Waals surface area (Å²) in [7, 11) is 1.62. The molecular weight excluding hydrogens is 482 g/mol. The van der Waals surface area contributed by atoms with Gasteiger partial charge in [-0.25, -0.2) is 0 Å². The minimum atomic E-state index is -1.11. The second-order valence-electron chi connectivity index (χ2n) is 9.08. The fraction of sp³-hybridized carbons (Fsp3) is 0.259. The lowest BCUT2D eigenvalue weighted by molar-refractivity contribution is -0.130. The molecule has 2 N–H and O–H groups in total. The highest BCUT2D eigenvalue weighted by atomic mass is 35.5. The molecule has 1 fully saturated rings. The summed E-state index contributed by atoms with van der Waals surface area (Å²) >= 11 is 12.1. The molecule has 5 rings (SSSR count). The van der Waals surface area contributed by atoms with Crippen LogP contribution in [-0.2, 0) is 4.79 Å². The maximum Gasteiger partial charge on any atom is 0.236 e. The van der Waals surface area contributed by atoms with Crippen LogP contribution < -0.4 is 25.0 Å². The van der Waals surface area contributed by atoms with E-state index in [0.717, 1.165) is 33.8 Å². The van der Waals surface area contributed by atoms with Crippen molar-refractivity contribution in [3.63, 3.8) is 0 Å². The molecule has 0 aromatic heterocycles. The number of anilines is 2. The minimum absolute atomic E-state index is 0.177. The maximum atomic E-state index is 13.9. The molecule has 2 heterocycles. The number of amides is 1. The van der Waals surface area contributed by atoms with Crippen molar-refractivity contribution in [2.45, 2.75) is 32.5 Å². The molecule has 180 valence electrons. The van der Waals surface area contributed by atoms with E-state index in [2.05, 4.69) is 10.6 Å². The molecule has 0 radical (unpaired) electrons. The third kappa shape index (κ3) is 3.98. The number of hydrogen-bond acceptors (Lipinski definition) is 4. The second kappa shape index (κ2) is 8.73. The molecule has 1 amide bonds. The average Bonchev–Trinajstić information content (AvgIpc) is 2.81. The zero-order chi connectivity index (χ0) is 24.9. The Hall–Kier alpha value is -3.29. The lowest BCUT2D eigenvalue weighted by Gasteiger charge is -2.56.